The van der Waals surface area contributed by atoms with E-state index in [9.17, 15) is 4.79 Å². The molecule has 1 heterocycles. The minimum atomic E-state index is 0.00792. The zero-order valence-corrected chi connectivity index (χ0v) is 10.6. The number of hydrogen-bond donors (Lipinski definition) is 2. The predicted octanol–water partition coefficient (Wildman–Crippen LogP) is 1.86. The van der Waals surface area contributed by atoms with Crippen molar-refractivity contribution >= 4 is 17.3 Å². The van der Waals surface area contributed by atoms with Crippen LogP contribution in [0.2, 0.25) is 0 Å². The summed E-state index contributed by atoms with van der Waals surface area (Å²) in [5.41, 5.74) is 8.48. The molecule has 1 aliphatic rings. The molecular formula is C14H19N3O. The van der Waals surface area contributed by atoms with Crippen LogP contribution in [0.4, 0.5) is 11.4 Å². The topological polar surface area (TPSA) is 58.4 Å². The fraction of sp³-hybridized carbons (Fsp3) is 0.357. The van der Waals surface area contributed by atoms with Crippen molar-refractivity contribution < 1.29 is 4.79 Å². The van der Waals surface area contributed by atoms with Gasteiger partial charge in [0.1, 0.15) is 0 Å². The molecule has 4 nitrogen and oxygen atoms in total. The van der Waals surface area contributed by atoms with E-state index in [1.54, 1.807) is 12.1 Å². The molecule has 1 aromatic rings. The highest BCUT2D eigenvalue weighted by molar-refractivity contribution is 5.92. The maximum absolute atomic E-state index is 11.9. The van der Waals surface area contributed by atoms with Crippen LogP contribution in [-0.4, -0.2) is 30.4 Å². The first-order chi connectivity index (χ1) is 8.63. The normalized spacial score (nSPS) is 16.2. The van der Waals surface area contributed by atoms with Gasteiger partial charge < -0.3 is 11.1 Å². The van der Waals surface area contributed by atoms with Gasteiger partial charge in [-0.2, -0.15) is 0 Å². The van der Waals surface area contributed by atoms with Gasteiger partial charge in [-0.1, -0.05) is 17.7 Å². The van der Waals surface area contributed by atoms with Gasteiger partial charge in [-0.25, -0.2) is 0 Å². The molecule has 4 heteroatoms. The summed E-state index contributed by atoms with van der Waals surface area (Å²) in [5, 5.41) is 2.86. The monoisotopic (exact) mass is 245 g/mol. The van der Waals surface area contributed by atoms with Crippen LogP contribution in [0.5, 0.6) is 0 Å². The zero-order valence-electron chi connectivity index (χ0n) is 10.6. The van der Waals surface area contributed by atoms with Gasteiger partial charge in [0.2, 0.25) is 5.91 Å². The number of carbonyl (C=O) groups excluding carboxylic acids is 1. The molecule has 0 aliphatic carbocycles. The highest BCUT2D eigenvalue weighted by Gasteiger charge is 2.13. The Morgan fingerprint density at radius 3 is 3.00 bits per heavy atom. The second-order valence-corrected chi connectivity index (χ2v) is 4.71. The Kier molecular flexibility index (Phi) is 3.99. The smallest absolute Gasteiger partial charge is 0.238 e. The maximum atomic E-state index is 11.9. The number of anilines is 2. The first-order valence-corrected chi connectivity index (χ1v) is 6.17. The molecule has 96 valence electrons. The molecule has 0 saturated carbocycles. The van der Waals surface area contributed by atoms with Crippen LogP contribution in [0.15, 0.2) is 35.9 Å². The molecular weight excluding hydrogens is 226 g/mol. The number of nitrogen functional groups attached to an aromatic ring is 1. The van der Waals surface area contributed by atoms with Crippen molar-refractivity contribution in [2.75, 3.05) is 30.7 Å². The molecule has 0 saturated heterocycles. The summed E-state index contributed by atoms with van der Waals surface area (Å²) in [6, 6.07) is 7.23. The van der Waals surface area contributed by atoms with E-state index in [2.05, 4.69) is 23.2 Å². The lowest BCUT2D eigenvalue weighted by atomic mass is 10.1. The second-order valence-electron chi connectivity index (χ2n) is 4.71. The third kappa shape index (κ3) is 3.60. The molecule has 0 atom stereocenters. The number of amides is 1. The van der Waals surface area contributed by atoms with E-state index in [1.165, 1.54) is 5.57 Å². The average molecular weight is 245 g/mol. The van der Waals surface area contributed by atoms with E-state index >= 15 is 0 Å². The van der Waals surface area contributed by atoms with Gasteiger partial charge in [0.15, 0.2) is 0 Å². The van der Waals surface area contributed by atoms with Crippen LogP contribution in [-0.2, 0) is 4.79 Å². The fourth-order valence-electron chi connectivity index (χ4n) is 1.98. The highest BCUT2D eigenvalue weighted by Crippen LogP contribution is 2.12. The number of nitrogens with two attached hydrogens (primary N) is 1. The molecule has 0 unspecified atom stereocenters. The van der Waals surface area contributed by atoms with Gasteiger partial charge in [0.25, 0.3) is 0 Å². The van der Waals surface area contributed by atoms with Gasteiger partial charge in [0.05, 0.1) is 6.54 Å². The van der Waals surface area contributed by atoms with Crippen LogP contribution in [0.3, 0.4) is 0 Å². The summed E-state index contributed by atoms with van der Waals surface area (Å²) in [6.07, 6.45) is 3.23. The molecule has 1 aromatic carbocycles. The Morgan fingerprint density at radius 2 is 2.33 bits per heavy atom. The summed E-state index contributed by atoms with van der Waals surface area (Å²) in [6.45, 7) is 4.37. The summed E-state index contributed by atoms with van der Waals surface area (Å²) >= 11 is 0. The lowest BCUT2D eigenvalue weighted by Gasteiger charge is -2.24. The molecule has 2 rings (SSSR count). The second kappa shape index (κ2) is 5.69. The predicted molar refractivity (Wildman–Crippen MR) is 74.3 cm³/mol. The van der Waals surface area contributed by atoms with Crippen molar-refractivity contribution in [2.45, 2.75) is 13.3 Å². The van der Waals surface area contributed by atoms with Gasteiger partial charge in [-0.15, -0.1) is 0 Å². The van der Waals surface area contributed by atoms with Crippen molar-refractivity contribution in [2.24, 2.45) is 0 Å². The van der Waals surface area contributed by atoms with Crippen LogP contribution in [0, 0.1) is 0 Å². The standard InChI is InChI=1S/C14H19N3O/c1-11-5-7-17(8-6-11)10-14(18)16-13-4-2-3-12(15)9-13/h2-5,9H,6-8,10,15H2,1H3,(H,16,18). The third-order valence-corrected chi connectivity index (χ3v) is 3.06. The largest absolute Gasteiger partial charge is 0.399 e. The van der Waals surface area contributed by atoms with Crippen LogP contribution >= 0.6 is 0 Å². The third-order valence-electron chi connectivity index (χ3n) is 3.06. The number of hydrogen-bond acceptors (Lipinski definition) is 3. The molecule has 0 bridgehead atoms. The first kappa shape index (κ1) is 12.6. The van der Waals surface area contributed by atoms with Crippen LogP contribution < -0.4 is 11.1 Å². The van der Waals surface area contributed by atoms with E-state index in [4.69, 9.17) is 5.73 Å². The minimum Gasteiger partial charge on any atom is -0.399 e. The van der Waals surface area contributed by atoms with Gasteiger partial charge >= 0.3 is 0 Å². The van der Waals surface area contributed by atoms with E-state index in [0.717, 1.165) is 25.2 Å². The Bertz CT molecular complexity index is 468. The van der Waals surface area contributed by atoms with E-state index in [0.29, 0.717) is 12.2 Å². The summed E-state index contributed by atoms with van der Waals surface area (Å²) < 4.78 is 0. The Labute approximate surface area is 107 Å². The maximum Gasteiger partial charge on any atom is 0.238 e. The lowest BCUT2D eigenvalue weighted by Crippen LogP contribution is -2.36. The number of benzene rings is 1. The SMILES string of the molecule is CC1=CCN(CC(=O)Nc2cccc(N)c2)CC1. The molecule has 3 N–H and O–H groups in total. The average Bonchev–Trinajstić information content (AvgIpc) is 2.32. The lowest BCUT2D eigenvalue weighted by molar-refractivity contribution is -0.117. The molecule has 1 amide bonds. The fourth-order valence-corrected chi connectivity index (χ4v) is 1.98. The van der Waals surface area contributed by atoms with Crippen molar-refractivity contribution in [3.8, 4) is 0 Å². The van der Waals surface area contributed by atoms with Crippen molar-refractivity contribution in [3.05, 3.63) is 35.9 Å². The molecule has 0 fully saturated rings. The Hall–Kier alpha value is -1.81. The Morgan fingerprint density at radius 1 is 1.50 bits per heavy atom. The van der Waals surface area contributed by atoms with Crippen molar-refractivity contribution in [3.63, 3.8) is 0 Å². The van der Waals surface area contributed by atoms with Gasteiger partial charge in [0, 0.05) is 24.5 Å². The summed E-state index contributed by atoms with van der Waals surface area (Å²) in [5.74, 6) is 0.00792. The van der Waals surface area contributed by atoms with E-state index in [-0.39, 0.29) is 5.91 Å². The molecule has 0 radical (unpaired) electrons. The number of nitrogens with zero attached hydrogens (tertiary/aromatic N) is 1. The molecule has 0 aromatic heterocycles. The molecule has 18 heavy (non-hydrogen) atoms. The quantitative estimate of drug-likeness (QED) is 0.631. The Balaban J connectivity index is 1.86. The minimum absolute atomic E-state index is 0.00792. The highest BCUT2D eigenvalue weighted by atomic mass is 16.2. The summed E-state index contributed by atoms with van der Waals surface area (Å²) in [7, 11) is 0. The van der Waals surface area contributed by atoms with Gasteiger partial charge in [-0.05, 0) is 31.5 Å². The molecule has 1 aliphatic heterocycles. The summed E-state index contributed by atoms with van der Waals surface area (Å²) in [4.78, 5) is 14.0. The number of carbonyl (C=O) groups is 1. The first-order valence-electron chi connectivity index (χ1n) is 6.17. The number of nitrogens with one attached hydrogen (secondary N) is 1. The van der Waals surface area contributed by atoms with Crippen LogP contribution in [0.25, 0.3) is 0 Å². The molecule has 0 spiro atoms. The van der Waals surface area contributed by atoms with Crippen molar-refractivity contribution in [1.29, 1.82) is 0 Å². The van der Waals surface area contributed by atoms with E-state index < -0.39 is 0 Å². The van der Waals surface area contributed by atoms with Crippen LogP contribution in [0.1, 0.15) is 13.3 Å². The zero-order chi connectivity index (χ0) is 13.0. The number of rotatable bonds is 3. The van der Waals surface area contributed by atoms with E-state index in [1.807, 2.05) is 12.1 Å². The van der Waals surface area contributed by atoms with Gasteiger partial charge in [-0.3, -0.25) is 9.69 Å². The van der Waals surface area contributed by atoms with Crippen molar-refractivity contribution in [1.82, 2.24) is 4.90 Å².